The molecule has 1 rings (SSSR count). The van der Waals surface area contributed by atoms with Crippen molar-refractivity contribution in [3.05, 3.63) is 29.8 Å². The maximum absolute atomic E-state index is 12.6. The molecule has 0 heterocycles. The third-order valence-electron chi connectivity index (χ3n) is 4.10. The quantitative estimate of drug-likeness (QED) is 0.378. The third kappa shape index (κ3) is 8.19. The molecule has 1 aromatic carbocycles. The molecule has 0 spiro atoms. The number of aliphatic hydroxyl groups excluding tert-OH is 1. The number of aliphatic hydroxyl groups is 1. The fourth-order valence-electron chi connectivity index (χ4n) is 2.33. The summed E-state index contributed by atoms with van der Waals surface area (Å²) in [6, 6.07) is 5.29. The Kier molecular flexibility index (Phi) is 9.46. The predicted molar refractivity (Wildman–Crippen MR) is 104 cm³/mol. The second kappa shape index (κ2) is 11.3. The highest BCUT2D eigenvalue weighted by Gasteiger charge is 2.25. The molecular formula is C19H30N4O4. The molecule has 8 heteroatoms. The summed E-state index contributed by atoms with van der Waals surface area (Å²) >= 11 is 0. The van der Waals surface area contributed by atoms with E-state index in [1.54, 1.807) is 24.3 Å². The molecule has 0 saturated carbocycles. The van der Waals surface area contributed by atoms with Crippen LogP contribution in [0.5, 0.6) is 0 Å². The van der Waals surface area contributed by atoms with Crippen molar-refractivity contribution in [1.82, 2.24) is 10.6 Å². The molecule has 0 bridgehead atoms. The lowest BCUT2D eigenvalue weighted by molar-refractivity contribution is -0.128. The van der Waals surface area contributed by atoms with E-state index >= 15 is 0 Å². The number of nitrogens with two attached hydrogens (primary N) is 1. The topological polar surface area (TPSA) is 134 Å². The number of carbonyl (C=O) groups is 3. The molecule has 0 saturated heterocycles. The van der Waals surface area contributed by atoms with Crippen LogP contribution in [0.15, 0.2) is 24.3 Å². The fraction of sp³-hybridized carbons (Fsp3) is 0.526. The van der Waals surface area contributed by atoms with Gasteiger partial charge in [0, 0.05) is 19.2 Å². The number of rotatable bonds is 10. The average molecular weight is 378 g/mol. The highest BCUT2D eigenvalue weighted by molar-refractivity contribution is 5.97. The Bertz CT molecular complexity index is 631. The van der Waals surface area contributed by atoms with Gasteiger partial charge in [0.25, 0.3) is 0 Å². The van der Waals surface area contributed by atoms with E-state index in [0.29, 0.717) is 25.1 Å². The molecule has 0 unspecified atom stereocenters. The van der Waals surface area contributed by atoms with Crippen molar-refractivity contribution in [2.45, 2.75) is 52.3 Å². The molecule has 6 N–H and O–H groups in total. The molecule has 8 nitrogen and oxygen atoms in total. The summed E-state index contributed by atoms with van der Waals surface area (Å²) < 4.78 is 0. The van der Waals surface area contributed by atoms with Crippen molar-refractivity contribution < 1.29 is 19.5 Å². The number of anilines is 1. The Balaban J connectivity index is 2.75. The van der Waals surface area contributed by atoms with E-state index in [4.69, 9.17) is 10.8 Å². The Morgan fingerprint density at radius 3 is 2.26 bits per heavy atom. The fourth-order valence-corrected chi connectivity index (χ4v) is 2.33. The molecule has 3 amide bonds. The molecule has 27 heavy (non-hydrogen) atoms. The third-order valence-corrected chi connectivity index (χ3v) is 4.10. The molecule has 0 aliphatic rings. The maximum Gasteiger partial charge on any atom is 0.246 e. The van der Waals surface area contributed by atoms with Gasteiger partial charge in [-0.15, -0.1) is 0 Å². The first kappa shape index (κ1) is 22.6. The van der Waals surface area contributed by atoms with E-state index in [0.717, 1.165) is 5.56 Å². The van der Waals surface area contributed by atoms with Crippen LogP contribution < -0.4 is 21.7 Å². The SMILES string of the molecule is CC(=O)NCCC[C@H](NC(=O)[C@@H](N)C(C)C)C(=O)Nc1ccc(CO)cc1. The van der Waals surface area contributed by atoms with E-state index < -0.39 is 12.1 Å². The van der Waals surface area contributed by atoms with E-state index in [9.17, 15) is 14.4 Å². The number of nitrogens with one attached hydrogen (secondary N) is 3. The zero-order chi connectivity index (χ0) is 20.4. The highest BCUT2D eigenvalue weighted by Crippen LogP contribution is 2.11. The lowest BCUT2D eigenvalue weighted by Gasteiger charge is -2.22. The van der Waals surface area contributed by atoms with Gasteiger partial charge in [0.05, 0.1) is 12.6 Å². The minimum atomic E-state index is -0.770. The van der Waals surface area contributed by atoms with Gasteiger partial charge >= 0.3 is 0 Å². The second-order valence-corrected chi connectivity index (χ2v) is 6.80. The zero-order valence-electron chi connectivity index (χ0n) is 16.1. The molecular weight excluding hydrogens is 348 g/mol. The van der Waals surface area contributed by atoms with Crippen molar-refractivity contribution in [1.29, 1.82) is 0 Å². The van der Waals surface area contributed by atoms with Crippen LogP contribution in [0.4, 0.5) is 5.69 Å². The summed E-state index contributed by atoms with van der Waals surface area (Å²) in [6.07, 6.45) is 0.885. The Labute approximate surface area is 159 Å². The van der Waals surface area contributed by atoms with Crippen LogP contribution in [0.3, 0.4) is 0 Å². The van der Waals surface area contributed by atoms with Crippen molar-refractivity contribution in [2.24, 2.45) is 11.7 Å². The van der Waals surface area contributed by atoms with Crippen LogP contribution in [-0.2, 0) is 21.0 Å². The molecule has 0 aliphatic carbocycles. The van der Waals surface area contributed by atoms with Gasteiger partial charge in [0.2, 0.25) is 17.7 Å². The Hall–Kier alpha value is -2.45. The van der Waals surface area contributed by atoms with Crippen molar-refractivity contribution in [3.63, 3.8) is 0 Å². The number of hydrogen-bond acceptors (Lipinski definition) is 5. The molecule has 1 aromatic rings. The smallest absolute Gasteiger partial charge is 0.246 e. The molecule has 0 aromatic heterocycles. The molecule has 0 radical (unpaired) electrons. The molecule has 150 valence electrons. The highest BCUT2D eigenvalue weighted by atomic mass is 16.3. The maximum atomic E-state index is 12.6. The largest absolute Gasteiger partial charge is 0.392 e. The van der Waals surface area contributed by atoms with Crippen LogP contribution in [0.2, 0.25) is 0 Å². The van der Waals surface area contributed by atoms with Crippen LogP contribution in [0.25, 0.3) is 0 Å². The first-order valence-corrected chi connectivity index (χ1v) is 9.05. The number of benzene rings is 1. The van der Waals surface area contributed by atoms with E-state index in [1.165, 1.54) is 6.92 Å². The normalized spacial score (nSPS) is 13.0. The van der Waals surface area contributed by atoms with Crippen LogP contribution in [0, 0.1) is 5.92 Å². The predicted octanol–water partition coefficient (Wildman–Crippen LogP) is 0.502. The van der Waals surface area contributed by atoms with Crippen LogP contribution >= 0.6 is 0 Å². The van der Waals surface area contributed by atoms with Crippen molar-refractivity contribution in [2.75, 3.05) is 11.9 Å². The summed E-state index contributed by atoms with van der Waals surface area (Å²) in [6.45, 7) is 5.42. The van der Waals surface area contributed by atoms with Gasteiger partial charge in [-0.3, -0.25) is 14.4 Å². The molecule has 0 aliphatic heterocycles. The first-order chi connectivity index (χ1) is 12.7. The van der Waals surface area contributed by atoms with Gasteiger partial charge < -0.3 is 26.8 Å². The van der Waals surface area contributed by atoms with E-state index in [2.05, 4.69) is 16.0 Å². The minimum absolute atomic E-state index is 0.0564. The van der Waals surface area contributed by atoms with Gasteiger partial charge in [-0.05, 0) is 36.5 Å². The summed E-state index contributed by atoms with van der Waals surface area (Å²) in [5, 5.41) is 17.2. The summed E-state index contributed by atoms with van der Waals surface area (Å²) in [5.41, 5.74) is 7.16. The Morgan fingerprint density at radius 1 is 1.11 bits per heavy atom. The molecule has 2 atom stereocenters. The van der Waals surface area contributed by atoms with Gasteiger partial charge in [-0.25, -0.2) is 0 Å². The van der Waals surface area contributed by atoms with E-state index in [1.807, 2.05) is 13.8 Å². The van der Waals surface area contributed by atoms with Crippen molar-refractivity contribution >= 4 is 23.4 Å². The zero-order valence-corrected chi connectivity index (χ0v) is 16.1. The summed E-state index contributed by atoms with van der Waals surface area (Å²) in [4.78, 5) is 35.8. The summed E-state index contributed by atoms with van der Waals surface area (Å²) in [5.74, 6) is -0.954. The van der Waals surface area contributed by atoms with Crippen LogP contribution in [-0.4, -0.2) is 41.5 Å². The van der Waals surface area contributed by atoms with Crippen LogP contribution in [0.1, 0.15) is 39.2 Å². The van der Waals surface area contributed by atoms with Gasteiger partial charge in [0.1, 0.15) is 6.04 Å². The summed E-state index contributed by atoms with van der Waals surface area (Å²) in [7, 11) is 0. The monoisotopic (exact) mass is 378 g/mol. The van der Waals surface area contributed by atoms with Gasteiger partial charge in [0.15, 0.2) is 0 Å². The average Bonchev–Trinajstić information content (AvgIpc) is 2.63. The number of hydrogen-bond donors (Lipinski definition) is 5. The number of amides is 3. The lowest BCUT2D eigenvalue weighted by atomic mass is 10.0. The first-order valence-electron chi connectivity index (χ1n) is 9.05. The minimum Gasteiger partial charge on any atom is -0.392 e. The second-order valence-electron chi connectivity index (χ2n) is 6.80. The molecule has 0 fully saturated rings. The Morgan fingerprint density at radius 2 is 1.74 bits per heavy atom. The van der Waals surface area contributed by atoms with E-state index in [-0.39, 0.29) is 30.2 Å². The number of carbonyl (C=O) groups excluding carboxylic acids is 3. The van der Waals surface area contributed by atoms with Crippen molar-refractivity contribution in [3.8, 4) is 0 Å². The standard InChI is InChI=1S/C19H30N4O4/c1-12(2)17(20)19(27)23-16(5-4-10-21-13(3)25)18(26)22-15-8-6-14(11-24)7-9-15/h6-9,12,16-17,24H,4-5,10-11,20H2,1-3H3,(H,21,25)(H,22,26)(H,23,27)/t16-,17-/m0/s1. The van der Waals surface area contributed by atoms with Gasteiger partial charge in [-0.1, -0.05) is 26.0 Å². The lowest BCUT2D eigenvalue weighted by Crippen LogP contribution is -2.51. The van der Waals surface area contributed by atoms with Gasteiger partial charge in [-0.2, -0.15) is 0 Å².